The van der Waals surface area contributed by atoms with E-state index in [1.807, 2.05) is 60.5 Å². The van der Waals surface area contributed by atoms with Crippen molar-refractivity contribution in [1.29, 1.82) is 0 Å². The lowest BCUT2D eigenvalue weighted by Gasteiger charge is -2.17. The highest BCUT2D eigenvalue weighted by molar-refractivity contribution is 5.91. The number of benzene rings is 2. The van der Waals surface area contributed by atoms with E-state index in [1.165, 1.54) is 5.56 Å². The third-order valence-electron chi connectivity index (χ3n) is 4.10. The minimum atomic E-state index is -0.139. The Labute approximate surface area is 158 Å². The van der Waals surface area contributed by atoms with E-state index in [0.717, 1.165) is 23.7 Å². The Morgan fingerprint density at radius 1 is 0.963 bits per heavy atom. The van der Waals surface area contributed by atoms with Gasteiger partial charge in [0.2, 0.25) is 5.91 Å². The number of methoxy groups -OCH3 is 1. The summed E-state index contributed by atoms with van der Waals surface area (Å²) < 4.78 is 5.11. The van der Waals surface area contributed by atoms with E-state index in [4.69, 9.17) is 4.74 Å². The number of aromatic nitrogens is 2. The van der Waals surface area contributed by atoms with Crippen molar-refractivity contribution in [3.63, 3.8) is 0 Å². The van der Waals surface area contributed by atoms with Gasteiger partial charge in [0.15, 0.2) is 11.6 Å². The molecule has 1 aromatic heterocycles. The highest BCUT2D eigenvalue weighted by Crippen LogP contribution is 2.15. The molecule has 0 aliphatic carbocycles. The standard InChI is InChI=1S/C21H22N4O2/c1-25(15-17-6-4-3-5-7-17)20-13-12-19(23-24-20)22-21(26)14-16-8-10-18(27-2)11-9-16/h3-13H,14-15H2,1-2H3,(H,22,23,26). The van der Waals surface area contributed by atoms with Gasteiger partial charge in [-0.15, -0.1) is 10.2 Å². The van der Waals surface area contributed by atoms with Crippen molar-refractivity contribution in [3.8, 4) is 5.75 Å². The molecule has 0 saturated carbocycles. The summed E-state index contributed by atoms with van der Waals surface area (Å²) >= 11 is 0. The highest BCUT2D eigenvalue weighted by Gasteiger charge is 2.08. The molecule has 1 N–H and O–H groups in total. The first-order valence-electron chi connectivity index (χ1n) is 8.65. The molecular formula is C21H22N4O2. The monoisotopic (exact) mass is 362 g/mol. The molecule has 0 unspecified atom stereocenters. The summed E-state index contributed by atoms with van der Waals surface area (Å²) in [5.74, 6) is 1.80. The number of anilines is 2. The van der Waals surface area contributed by atoms with Crippen LogP contribution in [-0.2, 0) is 17.8 Å². The number of hydrogen-bond donors (Lipinski definition) is 1. The number of ether oxygens (including phenoxy) is 1. The molecular weight excluding hydrogens is 340 g/mol. The maximum absolute atomic E-state index is 12.2. The van der Waals surface area contributed by atoms with E-state index >= 15 is 0 Å². The van der Waals surface area contributed by atoms with Crippen molar-refractivity contribution in [2.75, 3.05) is 24.4 Å². The van der Waals surface area contributed by atoms with Crippen LogP contribution in [0.4, 0.5) is 11.6 Å². The number of carbonyl (C=O) groups is 1. The van der Waals surface area contributed by atoms with Gasteiger partial charge in [-0.2, -0.15) is 0 Å². The fourth-order valence-electron chi connectivity index (χ4n) is 2.65. The Morgan fingerprint density at radius 2 is 1.70 bits per heavy atom. The average molecular weight is 362 g/mol. The second-order valence-corrected chi connectivity index (χ2v) is 6.19. The van der Waals surface area contributed by atoms with Gasteiger partial charge in [-0.3, -0.25) is 4.79 Å². The van der Waals surface area contributed by atoms with Crippen molar-refractivity contribution < 1.29 is 9.53 Å². The van der Waals surface area contributed by atoms with Crippen LogP contribution < -0.4 is 15.0 Å². The van der Waals surface area contributed by atoms with Crippen molar-refractivity contribution >= 4 is 17.5 Å². The van der Waals surface area contributed by atoms with Crippen LogP contribution in [0, 0.1) is 0 Å². The number of rotatable bonds is 7. The predicted octanol–water partition coefficient (Wildman–Crippen LogP) is 3.30. The number of hydrogen-bond acceptors (Lipinski definition) is 5. The van der Waals surface area contributed by atoms with Crippen molar-refractivity contribution in [2.24, 2.45) is 0 Å². The molecule has 0 radical (unpaired) electrons. The van der Waals surface area contributed by atoms with Crippen LogP contribution in [0.15, 0.2) is 66.7 Å². The van der Waals surface area contributed by atoms with Gasteiger partial charge in [-0.25, -0.2) is 0 Å². The van der Waals surface area contributed by atoms with Gasteiger partial charge in [0.25, 0.3) is 0 Å². The van der Waals surface area contributed by atoms with Gasteiger partial charge >= 0.3 is 0 Å². The van der Waals surface area contributed by atoms with Crippen LogP contribution in [0.25, 0.3) is 0 Å². The summed E-state index contributed by atoms with van der Waals surface area (Å²) in [5.41, 5.74) is 2.10. The molecule has 27 heavy (non-hydrogen) atoms. The largest absolute Gasteiger partial charge is 0.497 e. The van der Waals surface area contributed by atoms with E-state index in [9.17, 15) is 4.79 Å². The van der Waals surface area contributed by atoms with E-state index < -0.39 is 0 Å². The summed E-state index contributed by atoms with van der Waals surface area (Å²) in [6, 6.07) is 21.2. The normalized spacial score (nSPS) is 10.3. The maximum atomic E-state index is 12.2. The Kier molecular flexibility index (Phi) is 5.99. The molecule has 3 aromatic rings. The SMILES string of the molecule is COc1ccc(CC(=O)Nc2ccc(N(C)Cc3ccccc3)nn2)cc1. The lowest BCUT2D eigenvalue weighted by atomic mass is 10.1. The molecule has 0 atom stereocenters. The van der Waals surface area contributed by atoms with Gasteiger partial charge in [0.05, 0.1) is 13.5 Å². The zero-order chi connectivity index (χ0) is 19.1. The van der Waals surface area contributed by atoms with Crippen molar-refractivity contribution in [3.05, 3.63) is 77.9 Å². The quantitative estimate of drug-likeness (QED) is 0.698. The lowest BCUT2D eigenvalue weighted by molar-refractivity contribution is -0.115. The first-order valence-corrected chi connectivity index (χ1v) is 8.65. The molecule has 0 bridgehead atoms. The molecule has 138 valence electrons. The third kappa shape index (κ3) is 5.28. The first-order chi connectivity index (χ1) is 13.1. The fourth-order valence-corrected chi connectivity index (χ4v) is 2.65. The van der Waals surface area contributed by atoms with Crippen molar-refractivity contribution in [2.45, 2.75) is 13.0 Å². The Balaban J connectivity index is 1.55. The predicted molar refractivity (Wildman–Crippen MR) is 106 cm³/mol. The second kappa shape index (κ2) is 8.80. The lowest BCUT2D eigenvalue weighted by Crippen LogP contribution is -2.19. The van der Waals surface area contributed by atoms with E-state index in [2.05, 4.69) is 27.6 Å². The third-order valence-corrected chi connectivity index (χ3v) is 4.10. The van der Waals surface area contributed by atoms with Crippen LogP contribution in [0.5, 0.6) is 5.75 Å². The van der Waals surface area contributed by atoms with Crippen LogP contribution >= 0.6 is 0 Å². The summed E-state index contributed by atoms with van der Waals surface area (Å²) in [6.07, 6.45) is 0.265. The fraction of sp³-hybridized carbons (Fsp3) is 0.190. The summed E-state index contributed by atoms with van der Waals surface area (Å²) in [5, 5.41) is 11.1. The molecule has 0 saturated heterocycles. The molecule has 1 heterocycles. The number of nitrogens with zero attached hydrogens (tertiary/aromatic N) is 3. The zero-order valence-electron chi connectivity index (χ0n) is 15.4. The number of carbonyl (C=O) groups excluding carboxylic acids is 1. The smallest absolute Gasteiger partial charge is 0.229 e. The molecule has 0 fully saturated rings. The Morgan fingerprint density at radius 3 is 2.33 bits per heavy atom. The van der Waals surface area contributed by atoms with Gasteiger partial charge in [0, 0.05) is 13.6 Å². The average Bonchev–Trinajstić information content (AvgIpc) is 2.70. The zero-order valence-corrected chi connectivity index (χ0v) is 15.4. The van der Waals surface area contributed by atoms with Crippen LogP contribution in [0.3, 0.4) is 0 Å². The summed E-state index contributed by atoms with van der Waals surface area (Å²) in [7, 11) is 3.57. The molecule has 3 rings (SSSR count). The van der Waals surface area contributed by atoms with Gasteiger partial charge in [-0.05, 0) is 35.4 Å². The minimum absolute atomic E-state index is 0.139. The van der Waals surface area contributed by atoms with Gasteiger partial charge in [-0.1, -0.05) is 42.5 Å². The Bertz CT molecular complexity index is 865. The molecule has 0 aliphatic rings. The van der Waals surface area contributed by atoms with E-state index in [-0.39, 0.29) is 12.3 Å². The van der Waals surface area contributed by atoms with Gasteiger partial charge < -0.3 is 15.0 Å². The topological polar surface area (TPSA) is 67.3 Å². The molecule has 6 heteroatoms. The molecule has 1 amide bonds. The van der Waals surface area contributed by atoms with E-state index in [1.54, 1.807) is 13.2 Å². The van der Waals surface area contributed by atoms with E-state index in [0.29, 0.717) is 5.82 Å². The number of amides is 1. The molecule has 0 spiro atoms. The van der Waals surface area contributed by atoms with Crippen molar-refractivity contribution in [1.82, 2.24) is 10.2 Å². The van der Waals surface area contributed by atoms with Crippen LogP contribution in [0.2, 0.25) is 0 Å². The molecule has 6 nitrogen and oxygen atoms in total. The highest BCUT2D eigenvalue weighted by atomic mass is 16.5. The number of nitrogens with one attached hydrogen (secondary N) is 1. The van der Waals surface area contributed by atoms with Gasteiger partial charge in [0.1, 0.15) is 5.75 Å². The molecule has 0 aliphatic heterocycles. The first kappa shape index (κ1) is 18.4. The second-order valence-electron chi connectivity index (χ2n) is 6.19. The summed E-state index contributed by atoms with van der Waals surface area (Å²) in [6.45, 7) is 0.735. The van der Waals surface area contributed by atoms with Crippen LogP contribution in [0.1, 0.15) is 11.1 Å². The Hall–Kier alpha value is -3.41. The molecule has 2 aromatic carbocycles. The van der Waals surface area contributed by atoms with Crippen LogP contribution in [-0.4, -0.2) is 30.3 Å². The minimum Gasteiger partial charge on any atom is -0.497 e. The summed E-state index contributed by atoms with van der Waals surface area (Å²) in [4.78, 5) is 14.2. The maximum Gasteiger partial charge on any atom is 0.229 e.